The van der Waals surface area contributed by atoms with Crippen molar-refractivity contribution in [2.45, 2.75) is 43.1 Å². The van der Waals surface area contributed by atoms with Gasteiger partial charge in [-0.3, -0.25) is 9.69 Å². The van der Waals surface area contributed by atoms with Gasteiger partial charge in [-0.25, -0.2) is 4.79 Å². The Labute approximate surface area is 157 Å². The topological polar surface area (TPSA) is 55.8 Å². The van der Waals surface area contributed by atoms with Crippen LogP contribution in [0.25, 0.3) is 0 Å². The summed E-state index contributed by atoms with van der Waals surface area (Å²) in [6.07, 6.45) is 1.08. The highest BCUT2D eigenvalue weighted by Gasteiger charge is 2.64. The first kappa shape index (κ1) is 16.5. The van der Waals surface area contributed by atoms with Gasteiger partial charge in [-0.05, 0) is 24.0 Å². The molecule has 1 saturated carbocycles. The van der Waals surface area contributed by atoms with Crippen molar-refractivity contribution in [2.75, 3.05) is 6.61 Å². The molecule has 2 aliphatic heterocycles. The molecule has 3 aliphatic rings. The zero-order chi connectivity index (χ0) is 18.4. The van der Waals surface area contributed by atoms with Crippen LogP contribution in [-0.2, 0) is 14.3 Å². The van der Waals surface area contributed by atoms with Crippen molar-refractivity contribution >= 4 is 11.9 Å². The molecule has 5 rings (SSSR count). The van der Waals surface area contributed by atoms with Crippen LogP contribution in [0.4, 0.5) is 4.79 Å². The van der Waals surface area contributed by atoms with Crippen molar-refractivity contribution in [1.29, 1.82) is 0 Å². The molecule has 0 N–H and O–H groups in total. The third kappa shape index (κ3) is 2.42. The summed E-state index contributed by atoms with van der Waals surface area (Å²) >= 11 is 0. The lowest BCUT2D eigenvalue weighted by atomic mass is 9.70. The number of carbonyl (C=O) groups is 2. The number of benzene rings is 2. The van der Waals surface area contributed by atoms with Gasteiger partial charge in [-0.1, -0.05) is 60.7 Å². The van der Waals surface area contributed by atoms with E-state index >= 15 is 0 Å². The van der Waals surface area contributed by atoms with Crippen molar-refractivity contribution in [1.82, 2.24) is 4.90 Å². The normalized spacial score (nSPS) is 32.6. The number of hydrogen-bond donors (Lipinski definition) is 0. The Bertz CT molecular complexity index is 860. The van der Waals surface area contributed by atoms with Crippen molar-refractivity contribution in [2.24, 2.45) is 0 Å². The molecule has 2 saturated heterocycles. The Morgan fingerprint density at radius 2 is 1.59 bits per heavy atom. The van der Waals surface area contributed by atoms with E-state index in [1.54, 1.807) is 4.90 Å². The average molecular weight is 363 g/mol. The van der Waals surface area contributed by atoms with E-state index in [4.69, 9.17) is 9.47 Å². The van der Waals surface area contributed by atoms with Crippen LogP contribution in [0.3, 0.4) is 0 Å². The number of hydrogen-bond acceptors (Lipinski definition) is 4. The predicted molar refractivity (Wildman–Crippen MR) is 98.0 cm³/mol. The van der Waals surface area contributed by atoms with Crippen LogP contribution in [0, 0.1) is 0 Å². The maximum atomic E-state index is 13.0. The molecular formula is C22H21NO4. The van der Waals surface area contributed by atoms with Gasteiger partial charge in [0.2, 0.25) is 0 Å². The van der Waals surface area contributed by atoms with Crippen molar-refractivity contribution < 1.29 is 19.1 Å². The number of carbonyl (C=O) groups excluding carboxylic acids is 2. The molecule has 1 aliphatic carbocycles. The number of cyclic esters (lactones) is 1. The van der Waals surface area contributed by atoms with E-state index in [-0.39, 0.29) is 24.0 Å². The van der Waals surface area contributed by atoms with Crippen LogP contribution in [0.1, 0.15) is 42.5 Å². The number of ether oxygens (including phenoxy) is 2. The Morgan fingerprint density at radius 3 is 2.19 bits per heavy atom. The molecule has 0 aromatic heterocycles. The average Bonchev–Trinajstić information content (AvgIpc) is 3.34. The van der Waals surface area contributed by atoms with E-state index in [1.807, 2.05) is 60.7 Å². The lowest BCUT2D eigenvalue weighted by Crippen LogP contribution is -2.67. The minimum Gasteiger partial charge on any atom is -0.439 e. The maximum Gasteiger partial charge on any atom is 0.411 e. The van der Waals surface area contributed by atoms with Crippen LogP contribution >= 0.6 is 0 Å². The van der Waals surface area contributed by atoms with Gasteiger partial charge in [0.15, 0.2) is 11.9 Å². The lowest BCUT2D eigenvalue weighted by Gasteiger charge is -2.49. The summed E-state index contributed by atoms with van der Waals surface area (Å²) in [6.45, 7) is 0.573. The number of rotatable bonds is 3. The first-order chi connectivity index (χ1) is 13.2. The standard InChI is InChI=1S/C22H21NO4/c24-18-14-17(22(18)12-7-13-26-22)23-19(15-8-3-1-4-9-15)20(27-21(23)25)16-10-5-2-6-11-16/h1-6,8-11,17,19-20H,7,12-14H2/t17-,19-,20+,22+/m1/s1. The number of nitrogens with zero attached hydrogens (tertiary/aromatic N) is 1. The minimum atomic E-state index is -0.836. The van der Waals surface area contributed by atoms with Crippen LogP contribution in [0.2, 0.25) is 0 Å². The molecule has 27 heavy (non-hydrogen) atoms. The van der Waals surface area contributed by atoms with Crippen LogP contribution in [0.15, 0.2) is 60.7 Å². The van der Waals surface area contributed by atoms with Crippen molar-refractivity contribution in [3.63, 3.8) is 0 Å². The highest BCUT2D eigenvalue weighted by molar-refractivity contribution is 5.97. The maximum absolute atomic E-state index is 13.0. The van der Waals surface area contributed by atoms with Gasteiger partial charge >= 0.3 is 6.09 Å². The molecule has 1 spiro atoms. The first-order valence-electron chi connectivity index (χ1n) is 9.47. The second-order valence-electron chi connectivity index (χ2n) is 7.46. The summed E-state index contributed by atoms with van der Waals surface area (Å²) in [5.41, 5.74) is 1.12. The Balaban J connectivity index is 1.57. The van der Waals surface area contributed by atoms with Gasteiger partial charge in [-0.15, -0.1) is 0 Å². The van der Waals surface area contributed by atoms with Gasteiger partial charge in [0, 0.05) is 13.0 Å². The minimum absolute atomic E-state index is 0.104. The number of amides is 1. The largest absolute Gasteiger partial charge is 0.439 e. The van der Waals surface area contributed by atoms with Gasteiger partial charge in [0.05, 0.1) is 6.04 Å². The van der Waals surface area contributed by atoms with E-state index < -0.39 is 11.7 Å². The number of Topliss-reactive ketones (excluding diaryl/α,β-unsaturated/α-hetero) is 1. The summed E-state index contributed by atoms with van der Waals surface area (Å²) < 4.78 is 11.7. The smallest absolute Gasteiger partial charge is 0.411 e. The van der Waals surface area contributed by atoms with Gasteiger partial charge < -0.3 is 9.47 Å². The molecule has 0 bridgehead atoms. The summed E-state index contributed by atoms with van der Waals surface area (Å²) in [7, 11) is 0. The molecule has 1 amide bonds. The molecule has 0 radical (unpaired) electrons. The fraction of sp³-hybridized carbons (Fsp3) is 0.364. The summed E-state index contributed by atoms with van der Waals surface area (Å²) in [5.74, 6) is 0.104. The Morgan fingerprint density at radius 1 is 0.926 bits per heavy atom. The molecule has 2 aromatic rings. The number of ketones is 1. The zero-order valence-corrected chi connectivity index (χ0v) is 14.9. The van der Waals surface area contributed by atoms with E-state index in [9.17, 15) is 9.59 Å². The quantitative estimate of drug-likeness (QED) is 0.832. The summed E-state index contributed by atoms with van der Waals surface area (Å²) in [5, 5.41) is 0. The van der Waals surface area contributed by atoms with E-state index in [0.29, 0.717) is 19.4 Å². The molecule has 2 heterocycles. The molecule has 5 nitrogen and oxygen atoms in total. The molecule has 2 aromatic carbocycles. The molecule has 4 atom stereocenters. The van der Waals surface area contributed by atoms with Crippen LogP contribution in [0.5, 0.6) is 0 Å². The Hall–Kier alpha value is -2.66. The zero-order valence-electron chi connectivity index (χ0n) is 14.9. The molecule has 138 valence electrons. The molecule has 0 unspecified atom stereocenters. The predicted octanol–water partition coefficient (Wildman–Crippen LogP) is 3.81. The third-order valence-electron chi connectivity index (χ3n) is 6.07. The SMILES string of the molecule is O=C1O[C@@H](c2ccccc2)[C@@H](c2ccccc2)N1[C@@H]1CC(=O)[C@]12CCCO2. The fourth-order valence-electron chi connectivity index (χ4n) is 4.73. The molecular weight excluding hydrogens is 342 g/mol. The van der Waals surface area contributed by atoms with E-state index in [1.165, 1.54) is 0 Å². The highest BCUT2D eigenvalue weighted by atomic mass is 16.6. The fourth-order valence-corrected chi connectivity index (χ4v) is 4.73. The Kier molecular flexibility index (Phi) is 3.79. The van der Waals surface area contributed by atoms with Crippen molar-refractivity contribution in [3.8, 4) is 0 Å². The van der Waals surface area contributed by atoms with Gasteiger partial charge in [0.25, 0.3) is 0 Å². The lowest BCUT2D eigenvalue weighted by molar-refractivity contribution is -0.167. The summed E-state index contributed by atoms with van der Waals surface area (Å²) in [4.78, 5) is 27.1. The molecule has 5 heteroatoms. The van der Waals surface area contributed by atoms with Crippen LogP contribution < -0.4 is 0 Å². The third-order valence-corrected chi connectivity index (χ3v) is 6.07. The second-order valence-corrected chi connectivity index (χ2v) is 7.46. The summed E-state index contributed by atoms with van der Waals surface area (Å²) in [6, 6.07) is 19.2. The van der Waals surface area contributed by atoms with Gasteiger partial charge in [-0.2, -0.15) is 0 Å². The van der Waals surface area contributed by atoms with E-state index in [0.717, 1.165) is 17.5 Å². The first-order valence-corrected chi connectivity index (χ1v) is 9.47. The van der Waals surface area contributed by atoms with E-state index in [2.05, 4.69) is 0 Å². The highest BCUT2D eigenvalue weighted by Crippen LogP contribution is 2.51. The van der Waals surface area contributed by atoms with Crippen molar-refractivity contribution in [3.05, 3.63) is 71.8 Å². The monoisotopic (exact) mass is 363 g/mol. The molecule has 3 fully saturated rings. The van der Waals surface area contributed by atoms with Gasteiger partial charge in [0.1, 0.15) is 11.6 Å². The van der Waals surface area contributed by atoms with Crippen LogP contribution in [-0.4, -0.2) is 35.0 Å². The second kappa shape index (κ2) is 6.20.